The maximum atomic E-state index is 11.9. The van der Waals surface area contributed by atoms with Crippen LogP contribution in [0.1, 0.15) is 27.1 Å². The van der Waals surface area contributed by atoms with Gasteiger partial charge in [-0.2, -0.15) is 0 Å². The second-order valence-electron chi connectivity index (χ2n) is 3.89. The molecule has 0 aliphatic carbocycles. The number of methoxy groups -OCH3 is 1. The lowest BCUT2D eigenvalue weighted by Gasteiger charge is -2.07. The zero-order valence-corrected chi connectivity index (χ0v) is 10.8. The molecule has 0 saturated heterocycles. The standard InChI is InChI=1S/C12H14N2O6/c1-20-6-2-5-13-11(15)10-7-8(14(18)19)3-4-9(10)12(16)17/h3-4,7H,2,5-6H2,1H3,(H,13,15)(H,16,17). The highest BCUT2D eigenvalue weighted by Gasteiger charge is 2.20. The zero-order chi connectivity index (χ0) is 15.1. The quantitative estimate of drug-likeness (QED) is 0.438. The zero-order valence-electron chi connectivity index (χ0n) is 10.8. The summed E-state index contributed by atoms with van der Waals surface area (Å²) < 4.78 is 4.81. The minimum atomic E-state index is -1.32. The van der Waals surface area contributed by atoms with E-state index in [-0.39, 0.29) is 23.4 Å². The van der Waals surface area contributed by atoms with Crippen molar-refractivity contribution in [2.75, 3.05) is 20.3 Å². The van der Waals surface area contributed by atoms with Crippen molar-refractivity contribution in [2.24, 2.45) is 0 Å². The molecule has 0 radical (unpaired) electrons. The molecule has 0 fully saturated rings. The largest absolute Gasteiger partial charge is 0.478 e. The summed E-state index contributed by atoms with van der Waals surface area (Å²) >= 11 is 0. The maximum absolute atomic E-state index is 11.9. The Hall–Kier alpha value is -2.48. The van der Waals surface area contributed by atoms with Gasteiger partial charge in [0.25, 0.3) is 11.6 Å². The van der Waals surface area contributed by atoms with Gasteiger partial charge in [0.2, 0.25) is 0 Å². The molecule has 20 heavy (non-hydrogen) atoms. The van der Waals surface area contributed by atoms with Crippen molar-refractivity contribution < 1.29 is 24.4 Å². The first-order chi connectivity index (χ1) is 9.47. The monoisotopic (exact) mass is 282 g/mol. The smallest absolute Gasteiger partial charge is 0.336 e. The number of nitrogens with zero attached hydrogens (tertiary/aromatic N) is 1. The average Bonchev–Trinajstić information content (AvgIpc) is 2.42. The second-order valence-corrected chi connectivity index (χ2v) is 3.89. The van der Waals surface area contributed by atoms with E-state index < -0.39 is 16.8 Å². The maximum Gasteiger partial charge on any atom is 0.336 e. The third kappa shape index (κ3) is 4.02. The van der Waals surface area contributed by atoms with Crippen LogP contribution in [0, 0.1) is 10.1 Å². The number of aromatic carboxylic acids is 1. The van der Waals surface area contributed by atoms with E-state index in [1.165, 1.54) is 7.11 Å². The van der Waals surface area contributed by atoms with Gasteiger partial charge < -0.3 is 15.2 Å². The van der Waals surface area contributed by atoms with Crippen molar-refractivity contribution in [3.8, 4) is 0 Å². The topological polar surface area (TPSA) is 119 Å². The van der Waals surface area contributed by atoms with Crippen LogP contribution in [0.25, 0.3) is 0 Å². The molecule has 0 aliphatic heterocycles. The number of carboxylic acid groups (broad SMARTS) is 1. The predicted octanol–water partition coefficient (Wildman–Crippen LogP) is 1.06. The number of ether oxygens (including phenoxy) is 1. The summed E-state index contributed by atoms with van der Waals surface area (Å²) in [6, 6.07) is 3.05. The van der Waals surface area contributed by atoms with Gasteiger partial charge in [0, 0.05) is 32.4 Å². The van der Waals surface area contributed by atoms with Crippen LogP contribution in [0.4, 0.5) is 5.69 Å². The highest BCUT2D eigenvalue weighted by atomic mass is 16.6. The van der Waals surface area contributed by atoms with Crippen LogP contribution in [0.15, 0.2) is 18.2 Å². The van der Waals surface area contributed by atoms with Crippen LogP contribution in [0.3, 0.4) is 0 Å². The number of benzene rings is 1. The normalized spacial score (nSPS) is 10.1. The molecule has 8 heteroatoms. The highest BCUT2D eigenvalue weighted by molar-refractivity contribution is 6.05. The molecule has 108 valence electrons. The Kier molecular flexibility index (Phi) is 5.60. The summed E-state index contributed by atoms with van der Waals surface area (Å²) in [4.78, 5) is 32.9. The third-order valence-corrected chi connectivity index (χ3v) is 2.50. The number of nitro benzene ring substituents is 1. The van der Waals surface area contributed by atoms with Crippen LogP contribution in [0.5, 0.6) is 0 Å². The highest BCUT2D eigenvalue weighted by Crippen LogP contribution is 2.18. The van der Waals surface area contributed by atoms with E-state index in [9.17, 15) is 19.7 Å². The molecule has 0 atom stereocenters. The lowest BCUT2D eigenvalue weighted by Crippen LogP contribution is -2.27. The van der Waals surface area contributed by atoms with E-state index in [1.54, 1.807) is 0 Å². The summed E-state index contributed by atoms with van der Waals surface area (Å²) in [5, 5.41) is 22.1. The molecule has 0 saturated carbocycles. The summed E-state index contributed by atoms with van der Waals surface area (Å²) in [7, 11) is 1.52. The van der Waals surface area contributed by atoms with Gasteiger partial charge in [-0.3, -0.25) is 14.9 Å². The molecule has 1 aromatic rings. The van der Waals surface area contributed by atoms with Crippen molar-refractivity contribution in [3.05, 3.63) is 39.4 Å². The summed E-state index contributed by atoms with van der Waals surface area (Å²) in [6.07, 6.45) is 0.555. The molecule has 0 unspecified atom stereocenters. The Balaban J connectivity index is 2.94. The van der Waals surface area contributed by atoms with Crippen molar-refractivity contribution in [1.29, 1.82) is 0 Å². The molecular weight excluding hydrogens is 268 g/mol. The van der Waals surface area contributed by atoms with E-state index in [0.717, 1.165) is 18.2 Å². The number of carboxylic acids is 1. The minimum absolute atomic E-state index is 0.232. The first-order valence-corrected chi connectivity index (χ1v) is 5.76. The minimum Gasteiger partial charge on any atom is -0.478 e. The Labute approximate surface area is 114 Å². The first-order valence-electron chi connectivity index (χ1n) is 5.76. The fourth-order valence-electron chi connectivity index (χ4n) is 1.53. The number of amides is 1. The molecule has 1 aromatic carbocycles. The summed E-state index contributed by atoms with van der Waals surface area (Å²) in [6.45, 7) is 0.732. The molecule has 0 bridgehead atoms. The molecule has 0 spiro atoms. The molecule has 2 N–H and O–H groups in total. The fourth-order valence-corrected chi connectivity index (χ4v) is 1.53. The van der Waals surface area contributed by atoms with Gasteiger partial charge >= 0.3 is 5.97 Å². The number of hydrogen-bond donors (Lipinski definition) is 2. The second kappa shape index (κ2) is 7.19. The van der Waals surface area contributed by atoms with E-state index in [2.05, 4.69) is 5.32 Å². The molecule has 1 amide bonds. The number of non-ortho nitro benzene ring substituents is 1. The predicted molar refractivity (Wildman–Crippen MR) is 68.9 cm³/mol. The number of nitro groups is 1. The molecule has 0 heterocycles. The van der Waals surface area contributed by atoms with E-state index >= 15 is 0 Å². The SMILES string of the molecule is COCCCNC(=O)c1cc([N+](=O)[O-])ccc1C(=O)O. The summed E-state index contributed by atoms with van der Waals surface area (Å²) in [5.41, 5.74) is -0.846. The Morgan fingerprint density at radius 2 is 2.10 bits per heavy atom. The Morgan fingerprint density at radius 3 is 2.65 bits per heavy atom. The van der Waals surface area contributed by atoms with Crippen LogP contribution in [-0.4, -0.2) is 42.2 Å². The number of rotatable bonds is 7. The van der Waals surface area contributed by atoms with Gasteiger partial charge in [-0.25, -0.2) is 4.79 Å². The van der Waals surface area contributed by atoms with Crippen molar-refractivity contribution >= 4 is 17.6 Å². The van der Waals surface area contributed by atoms with Crippen LogP contribution >= 0.6 is 0 Å². The van der Waals surface area contributed by atoms with Gasteiger partial charge in [0.15, 0.2) is 0 Å². The Morgan fingerprint density at radius 1 is 1.40 bits per heavy atom. The molecule has 1 rings (SSSR count). The van der Waals surface area contributed by atoms with Gasteiger partial charge in [0.1, 0.15) is 0 Å². The lowest BCUT2D eigenvalue weighted by atomic mass is 10.1. The summed E-state index contributed by atoms with van der Waals surface area (Å²) in [5.74, 6) is -1.98. The average molecular weight is 282 g/mol. The van der Waals surface area contributed by atoms with Crippen molar-refractivity contribution in [2.45, 2.75) is 6.42 Å². The fraction of sp³-hybridized carbons (Fsp3) is 0.333. The molecular formula is C12H14N2O6. The third-order valence-electron chi connectivity index (χ3n) is 2.50. The van der Waals surface area contributed by atoms with Crippen molar-refractivity contribution in [3.63, 3.8) is 0 Å². The van der Waals surface area contributed by atoms with E-state index in [0.29, 0.717) is 13.0 Å². The molecule has 8 nitrogen and oxygen atoms in total. The number of hydrogen-bond acceptors (Lipinski definition) is 5. The molecule has 0 aliphatic rings. The van der Waals surface area contributed by atoms with Crippen molar-refractivity contribution in [1.82, 2.24) is 5.32 Å². The number of carbonyl (C=O) groups excluding carboxylic acids is 1. The van der Waals surface area contributed by atoms with Crippen LogP contribution in [-0.2, 0) is 4.74 Å². The lowest BCUT2D eigenvalue weighted by molar-refractivity contribution is -0.384. The van der Waals surface area contributed by atoms with Gasteiger partial charge in [0.05, 0.1) is 16.1 Å². The first kappa shape index (κ1) is 15.6. The van der Waals surface area contributed by atoms with Gasteiger partial charge in [-0.1, -0.05) is 0 Å². The number of nitrogens with one attached hydrogen (secondary N) is 1. The molecule has 0 aromatic heterocycles. The van der Waals surface area contributed by atoms with Gasteiger partial charge in [-0.05, 0) is 12.5 Å². The Bertz CT molecular complexity index is 529. The number of carbonyl (C=O) groups is 2. The van der Waals surface area contributed by atoms with Crippen LogP contribution in [0.2, 0.25) is 0 Å². The van der Waals surface area contributed by atoms with E-state index in [1.807, 2.05) is 0 Å². The van der Waals surface area contributed by atoms with E-state index in [4.69, 9.17) is 9.84 Å². The van der Waals surface area contributed by atoms with Crippen LogP contribution < -0.4 is 5.32 Å². The van der Waals surface area contributed by atoms with Gasteiger partial charge in [-0.15, -0.1) is 0 Å².